The lowest BCUT2D eigenvalue weighted by Gasteiger charge is -2.30. The highest BCUT2D eigenvalue weighted by Gasteiger charge is 2.47. The lowest BCUT2D eigenvalue weighted by Crippen LogP contribution is -2.60. The van der Waals surface area contributed by atoms with Crippen LogP contribution in [0.25, 0.3) is 0 Å². The molecule has 7 nitrogen and oxygen atoms in total. The zero-order valence-corrected chi connectivity index (χ0v) is 14.4. The van der Waals surface area contributed by atoms with Crippen molar-refractivity contribution in [1.82, 2.24) is 10.6 Å². The van der Waals surface area contributed by atoms with Gasteiger partial charge in [-0.1, -0.05) is 13.8 Å². The number of ether oxygens (including phenoxy) is 1. The van der Waals surface area contributed by atoms with Crippen LogP contribution >= 0.6 is 0 Å². The van der Waals surface area contributed by atoms with Crippen LogP contribution in [0.1, 0.15) is 44.7 Å². The van der Waals surface area contributed by atoms with E-state index in [0.29, 0.717) is 6.42 Å². The quantitative estimate of drug-likeness (QED) is 0.816. The van der Waals surface area contributed by atoms with E-state index in [0.717, 1.165) is 0 Å². The minimum atomic E-state index is -1.08. The van der Waals surface area contributed by atoms with Gasteiger partial charge in [0.2, 0.25) is 5.91 Å². The Labute approximate surface area is 141 Å². The largest absolute Gasteiger partial charge is 0.459 e. The van der Waals surface area contributed by atoms with Crippen LogP contribution in [-0.4, -0.2) is 41.9 Å². The molecule has 132 valence electrons. The van der Waals surface area contributed by atoms with Gasteiger partial charge >= 0.3 is 0 Å². The van der Waals surface area contributed by atoms with Gasteiger partial charge in [-0.3, -0.25) is 14.4 Å². The predicted molar refractivity (Wildman–Crippen MR) is 86.4 cm³/mol. The fourth-order valence-electron chi connectivity index (χ4n) is 2.60. The van der Waals surface area contributed by atoms with Crippen molar-refractivity contribution in [2.75, 3.05) is 6.61 Å². The smallest absolute Gasteiger partial charge is 0.287 e. The van der Waals surface area contributed by atoms with Gasteiger partial charge < -0.3 is 19.8 Å². The molecule has 24 heavy (non-hydrogen) atoms. The molecule has 1 saturated heterocycles. The summed E-state index contributed by atoms with van der Waals surface area (Å²) in [6.45, 7) is 7.27. The highest BCUT2D eigenvalue weighted by molar-refractivity contribution is 5.99. The first-order chi connectivity index (χ1) is 11.2. The van der Waals surface area contributed by atoms with Gasteiger partial charge in [-0.2, -0.15) is 0 Å². The summed E-state index contributed by atoms with van der Waals surface area (Å²) in [6.07, 6.45) is 1.41. The van der Waals surface area contributed by atoms with Crippen molar-refractivity contribution in [3.8, 4) is 0 Å². The monoisotopic (exact) mass is 336 g/mol. The summed E-state index contributed by atoms with van der Waals surface area (Å²) in [5.74, 6) is -0.733. The van der Waals surface area contributed by atoms with Gasteiger partial charge in [0.15, 0.2) is 11.5 Å². The third-order valence-corrected chi connectivity index (χ3v) is 4.31. The maximum atomic E-state index is 12.7. The first-order valence-corrected chi connectivity index (χ1v) is 8.05. The predicted octanol–water partition coefficient (Wildman–Crippen LogP) is 1.29. The molecule has 3 atom stereocenters. The van der Waals surface area contributed by atoms with Gasteiger partial charge in [0.05, 0.1) is 12.4 Å². The molecular formula is C17H24N2O5. The van der Waals surface area contributed by atoms with Crippen molar-refractivity contribution in [1.29, 1.82) is 0 Å². The Bertz CT molecular complexity index is 611. The van der Waals surface area contributed by atoms with Gasteiger partial charge in [-0.15, -0.1) is 0 Å². The lowest BCUT2D eigenvalue weighted by molar-refractivity contribution is -0.130. The highest BCUT2D eigenvalue weighted by atomic mass is 16.5. The molecular weight excluding hydrogens is 312 g/mol. The van der Waals surface area contributed by atoms with E-state index in [1.54, 1.807) is 19.9 Å². The number of hydrogen-bond acceptors (Lipinski definition) is 5. The van der Waals surface area contributed by atoms with E-state index in [1.165, 1.54) is 12.3 Å². The van der Waals surface area contributed by atoms with Crippen LogP contribution in [0.5, 0.6) is 0 Å². The Morgan fingerprint density at radius 1 is 1.42 bits per heavy atom. The number of carbonyl (C=O) groups is 3. The molecule has 1 aliphatic heterocycles. The molecule has 0 radical (unpaired) electrons. The molecule has 1 aromatic rings. The summed E-state index contributed by atoms with van der Waals surface area (Å²) < 4.78 is 10.4. The molecule has 0 saturated carbocycles. The molecule has 0 aromatic carbocycles. The Morgan fingerprint density at radius 2 is 2.12 bits per heavy atom. The summed E-state index contributed by atoms with van der Waals surface area (Å²) in [5, 5.41) is 5.43. The van der Waals surface area contributed by atoms with E-state index < -0.39 is 29.5 Å². The minimum Gasteiger partial charge on any atom is -0.459 e. The molecule has 3 unspecified atom stereocenters. The number of ketones is 1. The molecule has 2 N–H and O–H groups in total. The third kappa shape index (κ3) is 3.84. The van der Waals surface area contributed by atoms with Crippen molar-refractivity contribution in [2.45, 2.75) is 51.8 Å². The van der Waals surface area contributed by atoms with Crippen LogP contribution in [0, 0.1) is 5.92 Å². The second-order valence-corrected chi connectivity index (χ2v) is 6.70. The summed E-state index contributed by atoms with van der Waals surface area (Å²) in [5.41, 5.74) is -1.08. The Balaban J connectivity index is 2.10. The van der Waals surface area contributed by atoms with Crippen molar-refractivity contribution in [3.05, 3.63) is 24.2 Å². The van der Waals surface area contributed by atoms with Crippen molar-refractivity contribution in [3.63, 3.8) is 0 Å². The SMILES string of the molecule is CC(C)CC(NC(=O)c1ccco1)C(=O)NC1(C)C(=O)COC1C. The zero-order valence-electron chi connectivity index (χ0n) is 14.4. The lowest BCUT2D eigenvalue weighted by atomic mass is 9.92. The van der Waals surface area contributed by atoms with Gasteiger partial charge in [-0.05, 0) is 38.3 Å². The van der Waals surface area contributed by atoms with Crippen LogP contribution < -0.4 is 10.6 Å². The van der Waals surface area contributed by atoms with Crippen LogP contribution in [0.3, 0.4) is 0 Å². The molecule has 7 heteroatoms. The highest BCUT2D eigenvalue weighted by Crippen LogP contribution is 2.22. The standard InChI is InChI=1S/C17H24N2O5/c1-10(2)8-12(18-16(22)13-6-5-7-23-13)15(21)19-17(4)11(3)24-9-14(17)20/h5-7,10-12H,8-9H2,1-4H3,(H,18,22)(H,19,21). The number of rotatable bonds is 6. The number of Topliss-reactive ketones (excluding diaryl/α,β-unsaturated/α-hetero) is 1. The fourth-order valence-corrected chi connectivity index (χ4v) is 2.60. The van der Waals surface area contributed by atoms with E-state index >= 15 is 0 Å². The average molecular weight is 336 g/mol. The maximum absolute atomic E-state index is 12.7. The zero-order chi connectivity index (χ0) is 17.9. The van der Waals surface area contributed by atoms with E-state index in [1.807, 2.05) is 13.8 Å². The van der Waals surface area contributed by atoms with E-state index in [9.17, 15) is 14.4 Å². The topological polar surface area (TPSA) is 97.6 Å². The minimum absolute atomic E-state index is 0.0223. The second kappa shape index (κ2) is 7.17. The maximum Gasteiger partial charge on any atom is 0.287 e. The molecule has 2 amide bonds. The van der Waals surface area contributed by atoms with Crippen LogP contribution in [0.2, 0.25) is 0 Å². The summed E-state index contributed by atoms with van der Waals surface area (Å²) >= 11 is 0. The fraction of sp³-hybridized carbons (Fsp3) is 0.588. The normalized spacial score (nSPS) is 24.9. The third-order valence-electron chi connectivity index (χ3n) is 4.31. The Hall–Kier alpha value is -2.15. The van der Waals surface area contributed by atoms with Gasteiger partial charge in [0, 0.05) is 0 Å². The van der Waals surface area contributed by atoms with Gasteiger partial charge in [-0.25, -0.2) is 0 Å². The first-order valence-electron chi connectivity index (χ1n) is 8.05. The number of hydrogen-bond donors (Lipinski definition) is 2. The molecule has 2 rings (SSSR count). The molecule has 1 fully saturated rings. The molecule has 0 spiro atoms. The molecule has 0 bridgehead atoms. The van der Waals surface area contributed by atoms with Crippen LogP contribution in [0.4, 0.5) is 0 Å². The number of carbonyl (C=O) groups excluding carboxylic acids is 3. The van der Waals surface area contributed by atoms with Crippen molar-refractivity contribution in [2.24, 2.45) is 5.92 Å². The summed E-state index contributed by atoms with van der Waals surface area (Å²) in [7, 11) is 0. The number of amides is 2. The van der Waals surface area contributed by atoms with Gasteiger partial charge in [0.1, 0.15) is 18.2 Å². The molecule has 0 aliphatic carbocycles. The number of nitrogens with one attached hydrogen (secondary N) is 2. The average Bonchev–Trinajstić information content (AvgIpc) is 3.11. The van der Waals surface area contributed by atoms with E-state index in [-0.39, 0.29) is 24.1 Å². The molecule has 2 heterocycles. The van der Waals surface area contributed by atoms with Crippen LogP contribution in [-0.2, 0) is 14.3 Å². The van der Waals surface area contributed by atoms with E-state index in [2.05, 4.69) is 10.6 Å². The van der Waals surface area contributed by atoms with Gasteiger partial charge in [0.25, 0.3) is 5.91 Å². The van der Waals surface area contributed by atoms with Crippen molar-refractivity contribution >= 4 is 17.6 Å². The van der Waals surface area contributed by atoms with Crippen molar-refractivity contribution < 1.29 is 23.5 Å². The number of furan rings is 1. The first kappa shape index (κ1) is 18.2. The Kier molecular flexibility index (Phi) is 5.43. The van der Waals surface area contributed by atoms with Crippen LogP contribution in [0.15, 0.2) is 22.8 Å². The molecule has 1 aliphatic rings. The Morgan fingerprint density at radius 3 is 2.62 bits per heavy atom. The summed E-state index contributed by atoms with van der Waals surface area (Å²) in [6, 6.07) is 2.36. The summed E-state index contributed by atoms with van der Waals surface area (Å²) in [4.78, 5) is 36.9. The molecule has 1 aromatic heterocycles. The second-order valence-electron chi connectivity index (χ2n) is 6.70. The van der Waals surface area contributed by atoms with E-state index in [4.69, 9.17) is 9.15 Å².